The molecular formula is C20H21ClFNOS. The summed E-state index contributed by atoms with van der Waals surface area (Å²) < 4.78 is 13.7. The lowest BCUT2D eigenvalue weighted by molar-refractivity contribution is -0.119. The lowest BCUT2D eigenvalue weighted by atomic mass is 10.0. The van der Waals surface area contributed by atoms with Crippen LogP contribution in [0.5, 0.6) is 0 Å². The first-order valence-corrected chi connectivity index (χ1v) is 9.99. The molecule has 1 amide bonds. The molecule has 0 unspecified atom stereocenters. The third-order valence-corrected chi connectivity index (χ3v) is 5.72. The van der Waals surface area contributed by atoms with E-state index in [1.165, 1.54) is 35.4 Å². The number of fused-ring (bicyclic) bond motifs is 1. The summed E-state index contributed by atoms with van der Waals surface area (Å²) in [5, 5.41) is 3.40. The minimum Gasteiger partial charge on any atom is -0.349 e. The van der Waals surface area contributed by atoms with Gasteiger partial charge in [-0.2, -0.15) is 0 Å². The lowest BCUT2D eigenvalue weighted by Gasteiger charge is -2.15. The van der Waals surface area contributed by atoms with Gasteiger partial charge in [-0.15, -0.1) is 11.8 Å². The molecule has 2 nitrogen and oxygen atoms in total. The van der Waals surface area contributed by atoms with Crippen LogP contribution in [0.25, 0.3) is 0 Å². The predicted molar refractivity (Wildman–Crippen MR) is 103 cm³/mol. The Morgan fingerprint density at radius 3 is 2.84 bits per heavy atom. The largest absolute Gasteiger partial charge is 0.349 e. The van der Waals surface area contributed by atoms with Gasteiger partial charge in [-0.3, -0.25) is 4.79 Å². The second-order valence-electron chi connectivity index (χ2n) is 6.40. The number of hydrogen-bond acceptors (Lipinski definition) is 2. The summed E-state index contributed by atoms with van der Waals surface area (Å²) in [5.41, 5.74) is 4.55. The smallest absolute Gasteiger partial charge is 0.230 e. The molecule has 1 N–H and O–H groups in total. The molecule has 5 heteroatoms. The second-order valence-corrected chi connectivity index (χ2v) is 7.82. The van der Waals surface area contributed by atoms with Crippen molar-refractivity contribution in [2.45, 2.75) is 38.0 Å². The Bertz CT molecular complexity index is 780. The van der Waals surface area contributed by atoms with Crippen molar-refractivity contribution in [3.63, 3.8) is 0 Å². The van der Waals surface area contributed by atoms with Crippen molar-refractivity contribution in [1.82, 2.24) is 5.32 Å². The molecule has 2 aromatic carbocycles. The summed E-state index contributed by atoms with van der Waals surface area (Å²) in [5.74, 6) is 0.389. The van der Waals surface area contributed by atoms with Crippen molar-refractivity contribution in [3.05, 3.63) is 69.5 Å². The molecule has 0 heterocycles. The Morgan fingerprint density at radius 1 is 1.24 bits per heavy atom. The van der Waals surface area contributed by atoms with Gasteiger partial charge in [0.05, 0.1) is 11.8 Å². The molecule has 0 fully saturated rings. The Labute approximate surface area is 157 Å². The Balaban J connectivity index is 1.48. The van der Waals surface area contributed by atoms with Crippen molar-refractivity contribution >= 4 is 29.3 Å². The van der Waals surface area contributed by atoms with Gasteiger partial charge in [-0.05, 0) is 60.6 Å². The molecule has 1 aliphatic carbocycles. The summed E-state index contributed by atoms with van der Waals surface area (Å²) in [7, 11) is 0. The molecule has 3 rings (SSSR count). The van der Waals surface area contributed by atoms with E-state index >= 15 is 0 Å². The lowest BCUT2D eigenvalue weighted by Crippen LogP contribution is -2.28. The Kier molecular flexibility index (Phi) is 6.02. The van der Waals surface area contributed by atoms with E-state index in [2.05, 4.69) is 23.5 Å². The summed E-state index contributed by atoms with van der Waals surface area (Å²) >= 11 is 7.14. The van der Waals surface area contributed by atoms with Gasteiger partial charge in [0, 0.05) is 10.8 Å². The number of carbonyl (C=O) groups excluding carboxylic acids is 1. The average molecular weight is 378 g/mol. The fourth-order valence-electron chi connectivity index (χ4n) is 3.12. The summed E-state index contributed by atoms with van der Waals surface area (Å²) in [6, 6.07) is 11.1. The topological polar surface area (TPSA) is 29.1 Å². The van der Waals surface area contributed by atoms with E-state index in [1.54, 1.807) is 12.1 Å². The third-order valence-electron chi connectivity index (χ3n) is 4.51. The average Bonchev–Trinajstić information content (AvgIpc) is 3.04. The first-order valence-electron chi connectivity index (χ1n) is 8.45. The fourth-order valence-corrected chi connectivity index (χ4v) is 4.10. The highest BCUT2D eigenvalue weighted by Crippen LogP contribution is 2.25. The van der Waals surface area contributed by atoms with Gasteiger partial charge in [0.2, 0.25) is 5.91 Å². The number of hydrogen-bond donors (Lipinski definition) is 1. The molecule has 0 saturated heterocycles. The number of amides is 1. The van der Waals surface area contributed by atoms with E-state index in [9.17, 15) is 9.18 Å². The summed E-state index contributed by atoms with van der Waals surface area (Å²) in [6.45, 7) is 2.00. The van der Waals surface area contributed by atoms with Crippen LogP contribution in [0.4, 0.5) is 4.39 Å². The van der Waals surface area contributed by atoms with Gasteiger partial charge < -0.3 is 5.32 Å². The van der Waals surface area contributed by atoms with E-state index in [4.69, 9.17) is 11.6 Å². The van der Waals surface area contributed by atoms with Crippen molar-refractivity contribution < 1.29 is 9.18 Å². The molecule has 2 aromatic rings. The number of nitrogens with one attached hydrogen (secondary N) is 1. The molecular weight excluding hydrogens is 357 g/mol. The maximum Gasteiger partial charge on any atom is 0.230 e. The molecule has 1 aliphatic rings. The minimum absolute atomic E-state index is 0.0220. The van der Waals surface area contributed by atoms with Crippen LogP contribution < -0.4 is 5.32 Å². The third kappa shape index (κ3) is 4.77. The molecule has 0 saturated carbocycles. The van der Waals surface area contributed by atoms with E-state index in [-0.39, 0.29) is 17.8 Å². The Morgan fingerprint density at radius 2 is 2.04 bits per heavy atom. The van der Waals surface area contributed by atoms with Crippen molar-refractivity contribution in [2.75, 3.05) is 5.75 Å². The van der Waals surface area contributed by atoms with Crippen molar-refractivity contribution in [1.29, 1.82) is 0 Å². The maximum absolute atomic E-state index is 13.7. The minimum atomic E-state index is -0.327. The predicted octanol–water partition coefficient (Wildman–Crippen LogP) is 5.08. The fraction of sp³-hybridized carbons (Fsp3) is 0.350. The van der Waals surface area contributed by atoms with Crippen molar-refractivity contribution in [2.24, 2.45) is 0 Å². The highest BCUT2D eigenvalue weighted by molar-refractivity contribution is 7.99. The normalized spacial score (nSPS) is 14.2. The summed E-state index contributed by atoms with van der Waals surface area (Å²) in [4.78, 5) is 12.1. The first-order chi connectivity index (χ1) is 12.0. The van der Waals surface area contributed by atoms with Crippen LogP contribution >= 0.6 is 23.4 Å². The van der Waals surface area contributed by atoms with Crippen LogP contribution in [0, 0.1) is 5.82 Å². The van der Waals surface area contributed by atoms with E-state index in [0.29, 0.717) is 22.1 Å². The Hall–Kier alpha value is -1.52. The van der Waals surface area contributed by atoms with Crippen molar-refractivity contribution in [3.8, 4) is 0 Å². The number of rotatable bonds is 6. The first kappa shape index (κ1) is 18.3. The molecule has 0 aromatic heterocycles. The zero-order valence-electron chi connectivity index (χ0n) is 14.1. The quantitative estimate of drug-likeness (QED) is 0.760. The number of thioether (sulfide) groups is 1. The molecule has 0 bridgehead atoms. The number of aryl methyl sites for hydroxylation is 2. The van der Waals surface area contributed by atoms with Crippen LogP contribution in [0.1, 0.15) is 41.6 Å². The van der Waals surface area contributed by atoms with E-state index in [0.717, 1.165) is 18.4 Å². The van der Waals surface area contributed by atoms with Gasteiger partial charge in [0.1, 0.15) is 5.82 Å². The highest BCUT2D eigenvalue weighted by Gasteiger charge is 2.15. The van der Waals surface area contributed by atoms with Gasteiger partial charge in [0.15, 0.2) is 0 Å². The van der Waals surface area contributed by atoms with Gasteiger partial charge in [-0.1, -0.05) is 35.9 Å². The monoisotopic (exact) mass is 377 g/mol. The molecule has 1 atom stereocenters. The summed E-state index contributed by atoms with van der Waals surface area (Å²) in [6.07, 6.45) is 3.51. The SMILES string of the molecule is C[C@@H](NC(=O)CSCc1ccc(Cl)cc1F)c1ccc2c(c1)CCC2. The molecule has 25 heavy (non-hydrogen) atoms. The zero-order chi connectivity index (χ0) is 17.8. The van der Waals surface area contributed by atoms with Crippen LogP contribution in [-0.2, 0) is 23.4 Å². The standard InChI is InChI=1S/C20H21ClFNOS/c1-13(15-6-5-14-3-2-4-16(14)9-15)23-20(24)12-25-11-17-7-8-18(21)10-19(17)22/h5-10,13H,2-4,11-12H2,1H3,(H,23,24)/t13-/m1/s1. The van der Waals surface area contributed by atoms with Gasteiger partial charge >= 0.3 is 0 Å². The highest BCUT2D eigenvalue weighted by atomic mass is 35.5. The molecule has 132 valence electrons. The maximum atomic E-state index is 13.7. The van der Waals surface area contributed by atoms with Crippen LogP contribution in [-0.4, -0.2) is 11.7 Å². The van der Waals surface area contributed by atoms with E-state index in [1.807, 2.05) is 6.92 Å². The second kappa shape index (κ2) is 8.24. The molecule has 0 radical (unpaired) electrons. The number of benzene rings is 2. The van der Waals surface area contributed by atoms with E-state index < -0.39 is 0 Å². The van der Waals surface area contributed by atoms with Crippen LogP contribution in [0.2, 0.25) is 5.02 Å². The van der Waals surface area contributed by atoms with Crippen LogP contribution in [0.3, 0.4) is 0 Å². The number of halogens is 2. The molecule has 0 aliphatic heterocycles. The molecule has 0 spiro atoms. The zero-order valence-corrected chi connectivity index (χ0v) is 15.7. The van der Waals surface area contributed by atoms with Gasteiger partial charge in [-0.25, -0.2) is 4.39 Å². The number of carbonyl (C=O) groups is 1. The van der Waals surface area contributed by atoms with Crippen LogP contribution in [0.15, 0.2) is 36.4 Å². The van der Waals surface area contributed by atoms with Gasteiger partial charge in [0.25, 0.3) is 0 Å².